The maximum absolute atomic E-state index is 12.5. The lowest BCUT2D eigenvalue weighted by molar-refractivity contribution is -0.148. The molecule has 1 aliphatic rings. The number of carbonyl (C=O) groups is 2. The van der Waals surface area contributed by atoms with Crippen molar-refractivity contribution in [2.75, 3.05) is 31.2 Å². The Hall–Kier alpha value is -5.74. The van der Waals surface area contributed by atoms with Crippen LogP contribution in [0.1, 0.15) is 47.8 Å². The van der Waals surface area contributed by atoms with Gasteiger partial charge in [0.2, 0.25) is 5.91 Å². The van der Waals surface area contributed by atoms with E-state index in [1.807, 2.05) is 5.38 Å². The van der Waals surface area contributed by atoms with Gasteiger partial charge in [0, 0.05) is 53.7 Å². The predicted molar refractivity (Wildman–Crippen MR) is 207 cm³/mol. The summed E-state index contributed by atoms with van der Waals surface area (Å²) in [7, 11) is 0. The SMILES string of the molecule is Cc1ccc(-c2nc(CSc3nc(N4CCCC4)c(C#N)c(-c4ccc(OCCOC(=O)[C@H](C)NC(=O)[C@@H](N)Cc5cnc[nH]5)cc4)c3C#N)cs2)cc1. The van der Waals surface area contributed by atoms with Crippen LogP contribution in [0.25, 0.3) is 21.7 Å². The number of nitrogens with one attached hydrogen (secondary N) is 2. The number of thioether (sulfide) groups is 1. The first kappa shape index (κ1) is 38.0. The molecule has 0 spiro atoms. The summed E-state index contributed by atoms with van der Waals surface area (Å²) in [5.74, 6) is 0.498. The van der Waals surface area contributed by atoms with Crippen LogP contribution in [-0.2, 0) is 26.5 Å². The molecule has 1 saturated heterocycles. The number of esters is 1. The number of aryl methyl sites for hydroxylation is 1. The van der Waals surface area contributed by atoms with Crippen LogP contribution in [0.5, 0.6) is 5.75 Å². The number of rotatable bonds is 15. The van der Waals surface area contributed by atoms with Gasteiger partial charge in [0.05, 0.1) is 23.6 Å². The number of anilines is 1. The molecule has 6 rings (SSSR count). The average Bonchev–Trinajstić information content (AvgIpc) is 4.00. The highest BCUT2D eigenvalue weighted by molar-refractivity contribution is 7.98. The summed E-state index contributed by atoms with van der Waals surface area (Å²) in [6.45, 7) is 5.16. The molecule has 276 valence electrons. The number of H-pyrrole nitrogens is 1. The molecule has 0 bridgehead atoms. The second-order valence-electron chi connectivity index (χ2n) is 12.7. The molecule has 4 N–H and O–H groups in total. The van der Waals surface area contributed by atoms with Gasteiger partial charge in [-0.3, -0.25) is 4.79 Å². The van der Waals surface area contributed by atoms with Crippen LogP contribution in [0.4, 0.5) is 5.82 Å². The van der Waals surface area contributed by atoms with Gasteiger partial charge in [-0.1, -0.05) is 53.7 Å². The van der Waals surface area contributed by atoms with Crippen molar-refractivity contribution >= 4 is 40.8 Å². The maximum Gasteiger partial charge on any atom is 0.328 e. The number of hydrogen-bond acceptors (Lipinski definition) is 13. The zero-order chi connectivity index (χ0) is 38.0. The van der Waals surface area contributed by atoms with Crippen LogP contribution in [0.3, 0.4) is 0 Å². The fourth-order valence-corrected chi connectivity index (χ4v) is 7.71. The average molecular weight is 762 g/mol. The molecule has 4 heterocycles. The summed E-state index contributed by atoms with van der Waals surface area (Å²) in [5, 5.41) is 27.0. The highest BCUT2D eigenvalue weighted by atomic mass is 32.2. The van der Waals surface area contributed by atoms with Gasteiger partial charge in [-0.05, 0) is 44.4 Å². The molecule has 0 unspecified atom stereocenters. The third-order valence-electron chi connectivity index (χ3n) is 8.76. The zero-order valence-corrected chi connectivity index (χ0v) is 31.5. The minimum Gasteiger partial charge on any atom is -0.490 e. The molecule has 0 radical (unpaired) electrons. The molecule has 54 heavy (non-hydrogen) atoms. The highest BCUT2D eigenvalue weighted by Gasteiger charge is 2.27. The molecule has 0 saturated carbocycles. The van der Waals surface area contributed by atoms with E-state index in [-0.39, 0.29) is 19.6 Å². The standard InChI is InChI=1S/C39H39N9O4S2/c1-24-5-7-27(8-6-24)37-46-29(21-53-37)22-54-38-32(19-41)34(31(18-40)35(47-38)48-13-3-4-14-48)26-9-11-30(12-10-26)51-15-16-52-39(50)25(2)45-36(49)33(42)17-28-20-43-23-44-28/h5-12,20-21,23,25,33H,3-4,13-17,22,42H2,1-2H3,(H,43,44)(H,45,49)/t25-,33-/m0/s1. The summed E-state index contributed by atoms with van der Waals surface area (Å²) in [4.78, 5) is 43.6. The summed E-state index contributed by atoms with van der Waals surface area (Å²) in [6, 6.07) is 18.3. The summed E-state index contributed by atoms with van der Waals surface area (Å²) in [5.41, 5.74) is 11.7. The number of ether oxygens (including phenoxy) is 2. The highest BCUT2D eigenvalue weighted by Crippen LogP contribution is 2.40. The Balaban J connectivity index is 1.11. The van der Waals surface area contributed by atoms with Gasteiger partial charge >= 0.3 is 5.97 Å². The number of carbonyl (C=O) groups excluding carboxylic acids is 2. The van der Waals surface area contributed by atoms with E-state index in [1.54, 1.807) is 41.8 Å². The molecule has 5 aromatic rings. The van der Waals surface area contributed by atoms with Gasteiger partial charge in [-0.15, -0.1) is 11.3 Å². The van der Waals surface area contributed by atoms with Crippen LogP contribution in [0, 0.1) is 29.6 Å². The molecule has 13 nitrogen and oxygen atoms in total. The number of nitriles is 2. The van der Waals surface area contributed by atoms with E-state index in [2.05, 4.69) is 63.5 Å². The fourth-order valence-electron chi connectivity index (χ4n) is 5.91. The number of hydrogen-bond donors (Lipinski definition) is 3. The largest absolute Gasteiger partial charge is 0.490 e. The van der Waals surface area contributed by atoms with Crippen molar-refractivity contribution in [3.8, 4) is 39.6 Å². The second kappa shape index (κ2) is 17.9. The molecule has 2 atom stereocenters. The van der Waals surface area contributed by atoms with Crippen molar-refractivity contribution in [3.05, 3.63) is 94.5 Å². The minimum atomic E-state index is -0.903. The Kier molecular flexibility index (Phi) is 12.6. The number of nitrogens with zero attached hydrogens (tertiary/aromatic N) is 6. The smallest absolute Gasteiger partial charge is 0.328 e. The number of aromatic amines is 1. The van der Waals surface area contributed by atoms with Crippen molar-refractivity contribution in [2.45, 2.75) is 56.0 Å². The molecular formula is C39H39N9O4S2. The lowest BCUT2D eigenvalue weighted by Gasteiger charge is -2.22. The summed E-state index contributed by atoms with van der Waals surface area (Å²) >= 11 is 3.02. The first-order valence-corrected chi connectivity index (χ1v) is 19.3. The van der Waals surface area contributed by atoms with Gasteiger partial charge < -0.3 is 30.4 Å². The second-order valence-corrected chi connectivity index (χ2v) is 14.6. The molecule has 2 aromatic carbocycles. The minimum absolute atomic E-state index is 0.0478. The van der Waals surface area contributed by atoms with Crippen molar-refractivity contribution < 1.29 is 19.1 Å². The van der Waals surface area contributed by atoms with Crippen LogP contribution in [0.15, 0.2) is 71.5 Å². The number of benzene rings is 2. The topological polar surface area (TPSA) is 196 Å². The Labute approximate surface area is 321 Å². The maximum atomic E-state index is 12.5. The third-order valence-corrected chi connectivity index (χ3v) is 10.7. The van der Waals surface area contributed by atoms with E-state index >= 15 is 0 Å². The van der Waals surface area contributed by atoms with E-state index in [0.717, 1.165) is 42.2 Å². The number of aromatic nitrogens is 4. The summed E-state index contributed by atoms with van der Waals surface area (Å²) < 4.78 is 11.1. The number of amides is 1. The molecule has 0 aliphatic carbocycles. The quantitative estimate of drug-likeness (QED) is 0.0686. The van der Waals surface area contributed by atoms with E-state index in [0.29, 0.717) is 50.3 Å². The normalized spacial score (nSPS) is 13.5. The number of pyridine rings is 1. The Morgan fingerprint density at radius 2 is 1.76 bits per heavy atom. The molecule has 1 aliphatic heterocycles. The van der Waals surface area contributed by atoms with E-state index in [1.165, 1.54) is 30.6 Å². The van der Waals surface area contributed by atoms with E-state index in [4.69, 9.17) is 25.2 Å². The first-order valence-electron chi connectivity index (χ1n) is 17.4. The van der Waals surface area contributed by atoms with Gasteiger partial charge in [-0.25, -0.2) is 19.7 Å². The molecule has 1 amide bonds. The molecule has 15 heteroatoms. The van der Waals surface area contributed by atoms with E-state index < -0.39 is 24.0 Å². The Morgan fingerprint density at radius 3 is 2.44 bits per heavy atom. The lowest BCUT2D eigenvalue weighted by Crippen LogP contribution is -2.48. The fraction of sp³-hybridized carbons (Fsp3) is 0.308. The third kappa shape index (κ3) is 9.24. The van der Waals surface area contributed by atoms with Crippen LogP contribution >= 0.6 is 23.1 Å². The molecule has 1 fully saturated rings. The molecular weight excluding hydrogens is 723 g/mol. The molecule has 3 aromatic heterocycles. The van der Waals surface area contributed by atoms with Gasteiger partial charge in [0.1, 0.15) is 58.6 Å². The van der Waals surface area contributed by atoms with Crippen molar-refractivity contribution in [1.29, 1.82) is 10.5 Å². The predicted octanol–water partition coefficient (Wildman–Crippen LogP) is 5.54. The van der Waals surface area contributed by atoms with Crippen LogP contribution in [-0.4, -0.2) is 70.2 Å². The monoisotopic (exact) mass is 761 g/mol. The summed E-state index contributed by atoms with van der Waals surface area (Å²) in [6.07, 6.45) is 5.33. The van der Waals surface area contributed by atoms with Gasteiger partial charge in [0.25, 0.3) is 0 Å². The number of nitrogens with two attached hydrogens (primary N) is 1. The Morgan fingerprint density at radius 1 is 1.04 bits per heavy atom. The van der Waals surface area contributed by atoms with Crippen LogP contribution < -0.4 is 20.7 Å². The zero-order valence-electron chi connectivity index (χ0n) is 29.9. The van der Waals surface area contributed by atoms with E-state index in [9.17, 15) is 20.1 Å². The van der Waals surface area contributed by atoms with Crippen molar-refractivity contribution in [1.82, 2.24) is 25.3 Å². The Bertz CT molecular complexity index is 2150. The number of thiazole rings is 1. The van der Waals surface area contributed by atoms with Gasteiger partial charge in [-0.2, -0.15) is 10.5 Å². The number of imidazole rings is 1. The van der Waals surface area contributed by atoms with Gasteiger partial charge in [0.15, 0.2) is 0 Å². The lowest BCUT2D eigenvalue weighted by atomic mass is 9.96. The van der Waals surface area contributed by atoms with Crippen molar-refractivity contribution in [3.63, 3.8) is 0 Å². The first-order chi connectivity index (χ1) is 26.2. The van der Waals surface area contributed by atoms with Crippen molar-refractivity contribution in [2.24, 2.45) is 5.73 Å². The van der Waals surface area contributed by atoms with Crippen LogP contribution in [0.2, 0.25) is 0 Å².